The summed E-state index contributed by atoms with van der Waals surface area (Å²) in [6, 6.07) is 3.69. The third kappa shape index (κ3) is 4.10. The van der Waals surface area contributed by atoms with Gasteiger partial charge in [-0.05, 0) is 13.0 Å². The number of aromatic hydroxyl groups is 1. The van der Waals surface area contributed by atoms with Gasteiger partial charge in [0, 0.05) is 11.6 Å². The molecule has 102 valence electrons. The summed E-state index contributed by atoms with van der Waals surface area (Å²) in [6.45, 7) is -1.41. The minimum atomic E-state index is -3.13. The summed E-state index contributed by atoms with van der Waals surface area (Å²) in [5, 5.41) is 18.2. The van der Waals surface area contributed by atoms with Crippen molar-refractivity contribution in [1.82, 2.24) is 0 Å². The molecule has 0 aliphatic heterocycles. The van der Waals surface area contributed by atoms with E-state index in [0.717, 1.165) is 12.1 Å². The lowest BCUT2D eigenvalue weighted by atomic mass is 10.0. The summed E-state index contributed by atoms with van der Waals surface area (Å²) < 4.78 is 33.4. The van der Waals surface area contributed by atoms with Gasteiger partial charge >= 0.3 is 12.6 Å². The number of rotatable bonds is 5. The normalized spacial score (nSPS) is 10.1. The predicted octanol–water partition coefficient (Wildman–Crippen LogP) is 1.97. The molecule has 0 unspecified atom stereocenters. The van der Waals surface area contributed by atoms with Gasteiger partial charge < -0.3 is 14.6 Å². The smallest absolute Gasteiger partial charge is 0.387 e. The van der Waals surface area contributed by atoms with Crippen LogP contribution in [0.2, 0.25) is 0 Å². The van der Waals surface area contributed by atoms with E-state index in [-0.39, 0.29) is 24.2 Å². The van der Waals surface area contributed by atoms with Crippen molar-refractivity contribution >= 4 is 5.97 Å². The zero-order valence-corrected chi connectivity index (χ0v) is 10.0. The van der Waals surface area contributed by atoms with Crippen LogP contribution in [-0.4, -0.2) is 24.3 Å². The van der Waals surface area contributed by atoms with Gasteiger partial charge in [-0.25, -0.2) is 0 Å². The first-order chi connectivity index (χ1) is 8.97. The number of halogens is 2. The van der Waals surface area contributed by atoms with Gasteiger partial charge in [-0.3, -0.25) is 4.79 Å². The maximum atomic E-state index is 12.3. The molecule has 1 aromatic rings. The van der Waals surface area contributed by atoms with E-state index in [4.69, 9.17) is 5.26 Å². The quantitative estimate of drug-likeness (QED) is 0.828. The molecule has 0 aromatic heterocycles. The summed E-state index contributed by atoms with van der Waals surface area (Å²) >= 11 is 0. The molecule has 0 radical (unpaired) electrons. The first-order valence-corrected chi connectivity index (χ1v) is 5.34. The highest BCUT2D eigenvalue weighted by molar-refractivity contribution is 5.75. The molecule has 1 N–H and O–H groups in total. The molecule has 0 spiro atoms. The summed E-state index contributed by atoms with van der Waals surface area (Å²) in [6.07, 6.45) is -0.390. The highest BCUT2D eigenvalue weighted by Gasteiger charge is 2.18. The summed E-state index contributed by atoms with van der Waals surface area (Å²) in [5.74, 6) is -1.50. The molecule has 0 heterocycles. The predicted molar refractivity (Wildman–Crippen MR) is 59.8 cm³/mol. The number of nitriles is 1. The standard InChI is InChI=1S/C12H11F2NO4/c1-2-18-11(17)5-9-7(6-15)3-8(16)4-10(9)19-12(13)14/h3-4,12,16H,2,5H2,1H3. The Kier molecular flexibility index (Phi) is 5.06. The number of hydrogen-bond acceptors (Lipinski definition) is 5. The molecule has 0 saturated heterocycles. The zero-order chi connectivity index (χ0) is 14.4. The molecular formula is C12H11F2NO4. The average molecular weight is 271 g/mol. The van der Waals surface area contributed by atoms with Crippen LogP contribution in [-0.2, 0) is 16.0 Å². The Morgan fingerprint density at radius 3 is 2.74 bits per heavy atom. The largest absolute Gasteiger partial charge is 0.508 e. The van der Waals surface area contributed by atoms with Crippen molar-refractivity contribution in [2.24, 2.45) is 0 Å². The molecule has 0 fully saturated rings. The monoisotopic (exact) mass is 271 g/mol. The van der Waals surface area contributed by atoms with Crippen molar-refractivity contribution in [1.29, 1.82) is 5.26 Å². The fourth-order valence-electron chi connectivity index (χ4n) is 1.47. The number of phenols is 1. The molecule has 0 aliphatic rings. The number of ether oxygens (including phenoxy) is 2. The van der Waals surface area contributed by atoms with Gasteiger partial charge in [-0.15, -0.1) is 0 Å². The number of nitrogens with zero attached hydrogens (tertiary/aromatic N) is 1. The molecule has 5 nitrogen and oxygen atoms in total. The number of carbonyl (C=O) groups is 1. The minimum absolute atomic E-state index is 0.0425. The molecule has 1 rings (SSSR count). The highest BCUT2D eigenvalue weighted by Crippen LogP contribution is 2.30. The van der Waals surface area contributed by atoms with Crippen molar-refractivity contribution in [3.63, 3.8) is 0 Å². The maximum Gasteiger partial charge on any atom is 0.387 e. The topological polar surface area (TPSA) is 79.6 Å². The van der Waals surface area contributed by atoms with Gasteiger partial charge in [0.05, 0.1) is 24.7 Å². The van der Waals surface area contributed by atoms with Crippen molar-refractivity contribution in [2.45, 2.75) is 20.0 Å². The number of alkyl halides is 2. The van der Waals surface area contributed by atoms with Crippen molar-refractivity contribution in [3.05, 3.63) is 23.3 Å². The van der Waals surface area contributed by atoms with Crippen LogP contribution in [0.5, 0.6) is 11.5 Å². The number of benzene rings is 1. The first kappa shape index (κ1) is 14.7. The van der Waals surface area contributed by atoms with Crippen molar-refractivity contribution < 1.29 is 28.2 Å². The summed E-state index contributed by atoms with van der Waals surface area (Å²) in [4.78, 5) is 11.4. The maximum absolute atomic E-state index is 12.3. The fourth-order valence-corrected chi connectivity index (χ4v) is 1.47. The number of phenolic OH excluding ortho intramolecular Hbond substituents is 1. The number of carbonyl (C=O) groups excluding carboxylic acids is 1. The molecule has 0 bridgehead atoms. The Morgan fingerprint density at radius 1 is 1.53 bits per heavy atom. The molecular weight excluding hydrogens is 260 g/mol. The Hall–Kier alpha value is -2.36. The third-order valence-electron chi connectivity index (χ3n) is 2.16. The van der Waals surface area contributed by atoms with Crippen LogP contribution in [0.25, 0.3) is 0 Å². The van der Waals surface area contributed by atoms with E-state index in [1.165, 1.54) is 0 Å². The van der Waals surface area contributed by atoms with Gasteiger partial charge in [-0.1, -0.05) is 0 Å². The van der Waals surface area contributed by atoms with E-state index in [9.17, 15) is 18.7 Å². The average Bonchev–Trinajstić information content (AvgIpc) is 2.31. The lowest BCUT2D eigenvalue weighted by Crippen LogP contribution is -2.12. The third-order valence-corrected chi connectivity index (χ3v) is 2.16. The molecule has 0 saturated carbocycles. The Morgan fingerprint density at radius 2 is 2.21 bits per heavy atom. The van der Waals surface area contributed by atoms with Crippen LogP contribution in [0.1, 0.15) is 18.1 Å². The Labute approximate surface area is 108 Å². The Balaban J connectivity index is 3.17. The second kappa shape index (κ2) is 6.54. The lowest BCUT2D eigenvalue weighted by Gasteiger charge is -2.12. The minimum Gasteiger partial charge on any atom is -0.508 e. The van der Waals surface area contributed by atoms with E-state index in [2.05, 4.69) is 9.47 Å². The molecule has 0 aliphatic carbocycles. The molecule has 0 amide bonds. The van der Waals surface area contributed by atoms with E-state index in [0.29, 0.717) is 0 Å². The van der Waals surface area contributed by atoms with Crippen LogP contribution in [0.4, 0.5) is 8.78 Å². The van der Waals surface area contributed by atoms with Gasteiger partial charge in [0.15, 0.2) is 0 Å². The molecule has 1 aromatic carbocycles. The van der Waals surface area contributed by atoms with Crippen molar-refractivity contribution in [3.8, 4) is 17.6 Å². The zero-order valence-electron chi connectivity index (χ0n) is 10.0. The van der Waals surface area contributed by atoms with Crippen LogP contribution < -0.4 is 4.74 Å². The van der Waals surface area contributed by atoms with E-state index in [1.807, 2.05) is 0 Å². The first-order valence-electron chi connectivity index (χ1n) is 5.34. The van der Waals surface area contributed by atoms with Crippen LogP contribution in [0.3, 0.4) is 0 Å². The van der Waals surface area contributed by atoms with Gasteiger partial charge in [-0.2, -0.15) is 14.0 Å². The fraction of sp³-hybridized carbons (Fsp3) is 0.333. The molecule has 0 atom stereocenters. The van der Waals surface area contributed by atoms with Crippen LogP contribution in [0.15, 0.2) is 12.1 Å². The van der Waals surface area contributed by atoms with Crippen LogP contribution >= 0.6 is 0 Å². The van der Waals surface area contributed by atoms with E-state index in [1.54, 1.807) is 13.0 Å². The summed E-state index contributed by atoms with van der Waals surface area (Å²) in [7, 11) is 0. The van der Waals surface area contributed by atoms with Crippen LogP contribution in [0, 0.1) is 11.3 Å². The van der Waals surface area contributed by atoms with E-state index < -0.39 is 24.1 Å². The lowest BCUT2D eigenvalue weighted by molar-refractivity contribution is -0.142. The number of esters is 1. The molecule has 19 heavy (non-hydrogen) atoms. The van der Waals surface area contributed by atoms with Gasteiger partial charge in [0.25, 0.3) is 0 Å². The second-order valence-electron chi connectivity index (χ2n) is 3.44. The van der Waals surface area contributed by atoms with Gasteiger partial charge in [0.1, 0.15) is 11.5 Å². The van der Waals surface area contributed by atoms with E-state index >= 15 is 0 Å². The number of hydrogen-bond donors (Lipinski definition) is 1. The molecule has 7 heteroatoms. The van der Waals surface area contributed by atoms with Crippen molar-refractivity contribution in [2.75, 3.05) is 6.61 Å². The van der Waals surface area contributed by atoms with Gasteiger partial charge in [0.2, 0.25) is 0 Å². The summed E-state index contributed by atoms with van der Waals surface area (Å²) in [5.41, 5.74) is -0.164. The highest BCUT2D eigenvalue weighted by atomic mass is 19.3. The second-order valence-corrected chi connectivity index (χ2v) is 3.44. The Bertz CT molecular complexity index is 511. The SMILES string of the molecule is CCOC(=O)Cc1c(C#N)cc(O)cc1OC(F)F.